The monoisotopic (exact) mass is 461 g/mol. The number of rotatable bonds is 6. The minimum absolute atomic E-state index is 0.0481. The van der Waals surface area contributed by atoms with Gasteiger partial charge in [-0.2, -0.15) is 4.31 Å². The number of piperidine rings is 1. The number of hydrogen-bond donors (Lipinski definition) is 1. The maximum atomic E-state index is 13.0. The lowest BCUT2D eigenvalue weighted by Gasteiger charge is -2.26. The minimum atomic E-state index is -3.68. The van der Waals surface area contributed by atoms with Crippen LogP contribution in [0.3, 0.4) is 0 Å². The van der Waals surface area contributed by atoms with E-state index in [1.165, 1.54) is 27.6 Å². The highest BCUT2D eigenvalue weighted by Crippen LogP contribution is 2.35. The molecular formula is C23H28ClN3O3S. The molecule has 1 fully saturated rings. The third-order valence-electron chi connectivity index (χ3n) is 6.17. The predicted molar refractivity (Wildman–Crippen MR) is 123 cm³/mol. The van der Waals surface area contributed by atoms with Gasteiger partial charge in [0.05, 0.1) is 11.6 Å². The van der Waals surface area contributed by atoms with Crippen LogP contribution in [0.5, 0.6) is 0 Å². The molecule has 31 heavy (non-hydrogen) atoms. The lowest BCUT2D eigenvalue weighted by Crippen LogP contribution is -2.36. The van der Waals surface area contributed by atoms with Gasteiger partial charge in [-0.1, -0.05) is 42.3 Å². The number of fused-ring (bicyclic) bond motifs is 1. The SMILES string of the molecule is CN(CC(=O)Nc1ccc(Cl)c(S(=O)(=O)N2CCCCC2)c1)[C@@H]1CCc2ccccc21. The molecule has 1 aliphatic heterocycles. The lowest BCUT2D eigenvalue weighted by molar-refractivity contribution is -0.117. The second-order valence-corrected chi connectivity index (χ2v) is 10.6. The van der Waals surface area contributed by atoms with Gasteiger partial charge in [-0.3, -0.25) is 9.69 Å². The molecule has 0 unspecified atom stereocenters. The van der Waals surface area contributed by atoms with Gasteiger partial charge in [0.15, 0.2) is 0 Å². The zero-order valence-corrected chi connectivity index (χ0v) is 19.3. The molecule has 4 rings (SSSR count). The van der Waals surface area contributed by atoms with Crippen LogP contribution in [0.15, 0.2) is 47.4 Å². The first-order valence-corrected chi connectivity index (χ1v) is 12.6. The molecule has 2 aromatic rings. The maximum Gasteiger partial charge on any atom is 0.244 e. The quantitative estimate of drug-likeness (QED) is 0.703. The van der Waals surface area contributed by atoms with Crippen molar-refractivity contribution < 1.29 is 13.2 Å². The molecule has 2 aliphatic rings. The van der Waals surface area contributed by atoms with Crippen molar-refractivity contribution >= 4 is 33.2 Å². The van der Waals surface area contributed by atoms with Crippen molar-refractivity contribution in [3.05, 3.63) is 58.6 Å². The first kappa shape index (κ1) is 22.3. The van der Waals surface area contributed by atoms with E-state index in [9.17, 15) is 13.2 Å². The van der Waals surface area contributed by atoms with E-state index in [2.05, 4.69) is 17.4 Å². The zero-order valence-electron chi connectivity index (χ0n) is 17.7. The highest BCUT2D eigenvalue weighted by Gasteiger charge is 2.29. The Morgan fingerprint density at radius 3 is 2.68 bits per heavy atom. The molecule has 1 atom stereocenters. The number of benzene rings is 2. The van der Waals surface area contributed by atoms with Crippen LogP contribution < -0.4 is 5.32 Å². The number of carbonyl (C=O) groups is 1. The molecule has 8 heteroatoms. The van der Waals surface area contributed by atoms with Crippen LogP contribution >= 0.6 is 11.6 Å². The van der Waals surface area contributed by atoms with Gasteiger partial charge in [0, 0.05) is 24.8 Å². The number of amides is 1. The van der Waals surface area contributed by atoms with Gasteiger partial charge in [-0.15, -0.1) is 0 Å². The van der Waals surface area contributed by atoms with Gasteiger partial charge in [0.25, 0.3) is 0 Å². The molecule has 0 radical (unpaired) electrons. The molecule has 0 saturated carbocycles. The molecule has 166 valence electrons. The molecule has 1 heterocycles. The van der Waals surface area contributed by atoms with E-state index < -0.39 is 10.0 Å². The Kier molecular flexibility index (Phi) is 6.67. The molecule has 0 bridgehead atoms. The van der Waals surface area contributed by atoms with Crippen molar-refractivity contribution in [2.75, 3.05) is 32.0 Å². The van der Waals surface area contributed by atoms with E-state index in [0.717, 1.165) is 32.1 Å². The zero-order chi connectivity index (χ0) is 22.0. The second kappa shape index (κ2) is 9.28. The third kappa shape index (κ3) is 4.80. The predicted octanol–water partition coefficient (Wildman–Crippen LogP) is 4.07. The van der Waals surface area contributed by atoms with Gasteiger partial charge in [0.1, 0.15) is 4.90 Å². The minimum Gasteiger partial charge on any atom is -0.325 e. The van der Waals surface area contributed by atoms with Crippen molar-refractivity contribution in [3.63, 3.8) is 0 Å². The number of aryl methyl sites for hydroxylation is 1. The van der Waals surface area contributed by atoms with Crippen LogP contribution in [0, 0.1) is 0 Å². The summed E-state index contributed by atoms with van der Waals surface area (Å²) in [7, 11) is -1.74. The summed E-state index contributed by atoms with van der Waals surface area (Å²) in [5.41, 5.74) is 3.05. The fraction of sp³-hybridized carbons (Fsp3) is 0.435. The maximum absolute atomic E-state index is 13.0. The van der Waals surface area contributed by atoms with Crippen molar-refractivity contribution in [2.24, 2.45) is 0 Å². The normalized spacial score (nSPS) is 19.4. The number of hydrogen-bond acceptors (Lipinski definition) is 4. The summed E-state index contributed by atoms with van der Waals surface area (Å²) in [5.74, 6) is -0.185. The Morgan fingerprint density at radius 2 is 1.90 bits per heavy atom. The average molecular weight is 462 g/mol. The van der Waals surface area contributed by atoms with Gasteiger partial charge in [-0.25, -0.2) is 8.42 Å². The topological polar surface area (TPSA) is 69.7 Å². The molecule has 1 N–H and O–H groups in total. The molecule has 0 spiro atoms. The van der Waals surface area contributed by atoms with Crippen LogP contribution in [0.1, 0.15) is 42.9 Å². The van der Waals surface area contributed by atoms with Crippen molar-refractivity contribution in [1.29, 1.82) is 0 Å². The van der Waals surface area contributed by atoms with Crippen molar-refractivity contribution in [1.82, 2.24) is 9.21 Å². The fourth-order valence-electron chi connectivity index (χ4n) is 4.55. The van der Waals surface area contributed by atoms with E-state index in [-0.39, 0.29) is 28.4 Å². The highest BCUT2D eigenvalue weighted by molar-refractivity contribution is 7.89. The number of nitrogens with one attached hydrogen (secondary N) is 1. The van der Waals surface area contributed by atoms with E-state index in [1.54, 1.807) is 6.07 Å². The standard InChI is InChI=1S/C23H28ClN3O3S/c1-26(21-12-9-17-7-3-4-8-19(17)21)16-23(28)25-18-10-11-20(24)22(15-18)31(29,30)27-13-5-2-6-14-27/h3-4,7-8,10-11,15,21H,2,5-6,9,12-14,16H2,1H3,(H,25,28)/t21-/m1/s1. The summed E-state index contributed by atoms with van der Waals surface area (Å²) < 4.78 is 27.6. The summed E-state index contributed by atoms with van der Waals surface area (Å²) in [5, 5.41) is 3.01. The number of sulfonamides is 1. The van der Waals surface area contributed by atoms with E-state index in [0.29, 0.717) is 18.8 Å². The van der Waals surface area contributed by atoms with Crippen molar-refractivity contribution in [3.8, 4) is 0 Å². The summed E-state index contributed by atoms with van der Waals surface area (Å²) >= 11 is 6.23. The van der Waals surface area contributed by atoms with Gasteiger partial charge >= 0.3 is 0 Å². The molecule has 2 aromatic carbocycles. The number of carbonyl (C=O) groups excluding carboxylic acids is 1. The Balaban J connectivity index is 1.45. The Morgan fingerprint density at radius 1 is 1.16 bits per heavy atom. The van der Waals surface area contributed by atoms with Crippen LogP contribution in [-0.4, -0.2) is 50.2 Å². The first-order valence-electron chi connectivity index (χ1n) is 10.7. The van der Waals surface area contributed by atoms with Gasteiger partial charge < -0.3 is 5.32 Å². The second-order valence-electron chi connectivity index (χ2n) is 8.33. The number of anilines is 1. The third-order valence-corrected chi connectivity index (χ3v) is 8.55. The highest BCUT2D eigenvalue weighted by atomic mass is 35.5. The molecule has 0 aromatic heterocycles. The van der Waals surface area contributed by atoms with Crippen LogP contribution in [0.25, 0.3) is 0 Å². The summed E-state index contributed by atoms with van der Waals surface area (Å²) in [4.78, 5) is 14.8. The van der Waals surface area contributed by atoms with Gasteiger partial charge in [-0.05, 0) is 62.1 Å². The number of nitrogens with zero attached hydrogens (tertiary/aromatic N) is 2. The Bertz CT molecular complexity index is 1070. The smallest absolute Gasteiger partial charge is 0.244 e. The first-order chi connectivity index (χ1) is 14.9. The van der Waals surface area contributed by atoms with E-state index >= 15 is 0 Å². The lowest BCUT2D eigenvalue weighted by atomic mass is 10.1. The number of likely N-dealkylation sites (N-methyl/N-ethyl adjacent to an activating group) is 1. The summed E-state index contributed by atoms with van der Waals surface area (Å²) in [6.07, 6.45) is 4.74. The fourth-order valence-corrected chi connectivity index (χ4v) is 6.57. The Hall–Kier alpha value is -1.93. The van der Waals surface area contributed by atoms with Crippen LogP contribution in [0.2, 0.25) is 5.02 Å². The van der Waals surface area contributed by atoms with E-state index in [1.807, 2.05) is 24.1 Å². The summed E-state index contributed by atoms with van der Waals surface area (Å²) in [6.45, 7) is 1.22. The summed E-state index contributed by atoms with van der Waals surface area (Å²) in [6, 6.07) is 13.2. The molecule has 1 saturated heterocycles. The molecule has 1 amide bonds. The molecule has 1 aliphatic carbocycles. The van der Waals surface area contributed by atoms with E-state index in [4.69, 9.17) is 11.6 Å². The van der Waals surface area contributed by atoms with Gasteiger partial charge in [0.2, 0.25) is 15.9 Å². The Labute approximate surface area is 189 Å². The largest absolute Gasteiger partial charge is 0.325 e. The van der Waals surface area contributed by atoms with Crippen LogP contribution in [-0.2, 0) is 21.2 Å². The molecule has 6 nitrogen and oxygen atoms in total. The van der Waals surface area contributed by atoms with Crippen molar-refractivity contribution in [2.45, 2.75) is 43.0 Å². The average Bonchev–Trinajstić information content (AvgIpc) is 3.20. The number of halogens is 1. The molecular weight excluding hydrogens is 434 g/mol. The van der Waals surface area contributed by atoms with Crippen LogP contribution in [0.4, 0.5) is 5.69 Å².